The molecular formula is C19H35O4PS. The van der Waals surface area contributed by atoms with Crippen molar-refractivity contribution in [1.29, 1.82) is 0 Å². The van der Waals surface area contributed by atoms with Crippen molar-refractivity contribution in [2.75, 3.05) is 19.0 Å². The third kappa shape index (κ3) is 7.50. The van der Waals surface area contributed by atoms with Crippen LogP contribution in [0.2, 0.25) is 0 Å². The van der Waals surface area contributed by atoms with Gasteiger partial charge in [-0.05, 0) is 38.9 Å². The van der Waals surface area contributed by atoms with Crippen molar-refractivity contribution in [2.24, 2.45) is 5.92 Å². The Morgan fingerprint density at radius 3 is 2.28 bits per heavy atom. The topological polar surface area (TPSA) is 48.7 Å². The van der Waals surface area contributed by atoms with Gasteiger partial charge < -0.3 is 13.5 Å². The molecule has 0 fully saturated rings. The van der Waals surface area contributed by atoms with E-state index in [1.54, 1.807) is 0 Å². The van der Waals surface area contributed by atoms with Crippen molar-refractivity contribution in [2.45, 2.75) is 72.7 Å². The summed E-state index contributed by atoms with van der Waals surface area (Å²) < 4.78 is 30.2. The highest BCUT2D eigenvalue weighted by molar-refractivity contribution is 7.98. The summed E-state index contributed by atoms with van der Waals surface area (Å²) in [6.45, 7) is 13.0. The SMILES string of the molecule is CCCCSCc1c(C)oc(CC(C)C)c1CP(=O)(OCC)OCC. The fourth-order valence-electron chi connectivity index (χ4n) is 2.73. The lowest BCUT2D eigenvalue weighted by atomic mass is 10.0. The summed E-state index contributed by atoms with van der Waals surface area (Å²) in [7, 11) is -3.14. The van der Waals surface area contributed by atoms with Crippen LogP contribution in [0.4, 0.5) is 0 Å². The van der Waals surface area contributed by atoms with E-state index in [9.17, 15) is 4.57 Å². The standard InChI is InChI=1S/C19H35O4PS/c1-7-10-11-25-14-18-16(6)23-19(12-15(4)5)17(18)13-24(20,21-8-2)22-9-3/h15H,7-14H2,1-6H3. The zero-order valence-corrected chi connectivity index (χ0v) is 18.4. The molecule has 0 spiro atoms. The first-order valence-electron chi connectivity index (χ1n) is 9.42. The molecule has 25 heavy (non-hydrogen) atoms. The van der Waals surface area contributed by atoms with Crippen LogP contribution in [0.15, 0.2) is 4.42 Å². The van der Waals surface area contributed by atoms with E-state index < -0.39 is 7.60 Å². The normalized spacial score (nSPS) is 12.3. The molecule has 1 aromatic heterocycles. The van der Waals surface area contributed by atoms with Crippen LogP contribution in [0.1, 0.15) is 70.1 Å². The molecule has 1 rings (SSSR count). The molecule has 0 radical (unpaired) electrons. The second kappa shape index (κ2) is 11.5. The van der Waals surface area contributed by atoms with E-state index in [0.717, 1.165) is 35.0 Å². The Bertz CT molecular complexity index is 544. The monoisotopic (exact) mass is 390 g/mol. The first kappa shape index (κ1) is 22.8. The van der Waals surface area contributed by atoms with Crippen molar-refractivity contribution in [3.05, 3.63) is 22.6 Å². The second-order valence-corrected chi connectivity index (χ2v) is 9.81. The molecular weight excluding hydrogens is 355 g/mol. The maximum atomic E-state index is 13.1. The summed E-state index contributed by atoms with van der Waals surface area (Å²) in [6, 6.07) is 0. The minimum atomic E-state index is -3.14. The molecule has 0 unspecified atom stereocenters. The number of unbranched alkanes of at least 4 members (excludes halogenated alkanes) is 1. The molecule has 0 aliphatic rings. The van der Waals surface area contributed by atoms with Gasteiger partial charge in [-0.3, -0.25) is 4.57 Å². The third-order valence-corrected chi connectivity index (χ3v) is 6.96. The number of rotatable bonds is 13. The quantitative estimate of drug-likeness (QED) is 0.281. The summed E-state index contributed by atoms with van der Waals surface area (Å²) >= 11 is 1.91. The highest BCUT2D eigenvalue weighted by atomic mass is 32.2. The maximum Gasteiger partial charge on any atom is 0.335 e. The fraction of sp³-hybridized carbons (Fsp3) is 0.789. The molecule has 0 atom stereocenters. The van der Waals surface area contributed by atoms with Crippen molar-refractivity contribution >= 4 is 19.4 Å². The number of furan rings is 1. The zero-order chi connectivity index (χ0) is 18.9. The highest BCUT2D eigenvalue weighted by Gasteiger charge is 2.30. The van der Waals surface area contributed by atoms with E-state index in [4.69, 9.17) is 13.5 Å². The summed E-state index contributed by atoms with van der Waals surface area (Å²) in [6.07, 6.45) is 3.56. The smallest absolute Gasteiger partial charge is 0.335 e. The molecule has 0 aliphatic carbocycles. The molecule has 1 aromatic rings. The van der Waals surface area contributed by atoms with Gasteiger partial charge in [0.15, 0.2) is 0 Å². The van der Waals surface area contributed by atoms with Gasteiger partial charge in [-0.25, -0.2) is 0 Å². The molecule has 0 N–H and O–H groups in total. The van der Waals surface area contributed by atoms with Crippen LogP contribution in [-0.4, -0.2) is 19.0 Å². The van der Waals surface area contributed by atoms with Gasteiger partial charge in [0.1, 0.15) is 11.5 Å². The molecule has 0 saturated carbocycles. The minimum Gasteiger partial charge on any atom is -0.466 e. The van der Waals surface area contributed by atoms with Crippen molar-refractivity contribution < 1.29 is 18.0 Å². The van der Waals surface area contributed by atoms with E-state index in [1.807, 2.05) is 32.5 Å². The summed E-state index contributed by atoms with van der Waals surface area (Å²) in [5.41, 5.74) is 2.22. The van der Waals surface area contributed by atoms with Gasteiger partial charge in [-0.15, -0.1) is 0 Å². The predicted molar refractivity (Wildman–Crippen MR) is 108 cm³/mol. The van der Waals surface area contributed by atoms with Gasteiger partial charge in [0.25, 0.3) is 0 Å². The lowest BCUT2D eigenvalue weighted by Crippen LogP contribution is -2.04. The van der Waals surface area contributed by atoms with E-state index >= 15 is 0 Å². The molecule has 0 saturated heterocycles. The van der Waals surface area contributed by atoms with E-state index in [0.29, 0.717) is 25.3 Å². The van der Waals surface area contributed by atoms with Crippen LogP contribution in [0.3, 0.4) is 0 Å². The molecule has 0 aromatic carbocycles. The fourth-order valence-corrected chi connectivity index (χ4v) is 5.75. The Labute approximate surface area is 158 Å². The molecule has 0 amide bonds. The van der Waals surface area contributed by atoms with Crippen LogP contribution < -0.4 is 0 Å². The predicted octanol–water partition coefficient (Wildman–Crippen LogP) is 6.59. The van der Waals surface area contributed by atoms with Crippen molar-refractivity contribution in [1.82, 2.24) is 0 Å². The van der Waals surface area contributed by atoms with E-state index in [2.05, 4.69) is 20.8 Å². The number of aryl methyl sites for hydroxylation is 1. The van der Waals surface area contributed by atoms with Crippen molar-refractivity contribution in [3.8, 4) is 0 Å². The van der Waals surface area contributed by atoms with Crippen molar-refractivity contribution in [3.63, 3.8) is 0 Å². The highest BCUT2D eigenvalue weighted by Crippen LogP contribution is 2.53. The van der Waals surface area contributed by atoms with Crippen LogP contribution >= 0.6 is 19.4 Å². The zero-order valence-electron chi connectivity index (χ0n) is 16.7. The maximum absolute atomic E-state index is 13.1. The van der Waals surface area contributed by atoms with E-state index in [1.165, 1.54) is 18.4 Å². The molecule has 1 heterocycles. The van der Waals surface area contributed by atoms with Gasteiger partial charge in [0, 0.05) is 23.3 Å². The Morgan fingerprint density at radius 1 is 1.12 bits per heavy atom. The van der Waals surface area contributed by atoms with Crippen LogP contribution in [0.5, 0.6) is 0 Å². The van der Waals surface area contributed by atoms with Crippen LogP contribution in [-0.2, 0) is 31.9 Å². The summed E-state index contributed by atoms with van der Waals surface area (Å²) in [5, 5.41) is 0. The van der Waals surface area contributed by atoms with Crippen LogP contribution in [0, 0.1) is 12.8 Å². The number of hydrogen-bond donors (Lipinski definition) is 0. The van der Waals surface area contributed by atoms with Gasteiger partial charge in [-0.1, -0.05) is 27.2 Å². The first-order valence-corrected chi connectivity index (χ1v) is 12.3. The molecule has 0 aliphatic heterocycles. The van der Waals surface area contributed by atoms with Gasteiger partial charge in [0.2, 0.25) is 0 Å². The van der Waals surface area contributed by atoms with Gasteiger partial charge in [-0.2, -0.15) is 11.8 Å². The average molecular weight is 391 g/mol. The van der Waals surface area contributed by atoms with E-state index in [-0.39, 0.29) is 0 Å². The summed E-state index contributed by atoms with van der Waals surface area (Å²) in [4.78, 5) is 0. The third-order valence-electron chi connectivity index (χ3n) is 3.89. The Hall–Kier alpha value is -0.220. The molecule has 6 heteroatoms. The van der Waals surface area contributed by atoms with Crippen LogP contribution in [0.25, 0.3) is 0 Å². The summed E-state index contributed by atoms with van der Waals surface area (Å²) in [5.74, 6) is 4.38. The number of hydrogen-bond acceptors (Lipinski definition) is 5. The first-order chi connectivity index (χ1) is 11.9. The molecule has 4 nitrogen and oxygen atoms in total. The van der Waals surface area contributed by atoms with Gasteiger partial charge >= 0.3 is 7.60 Å². The minimum absolute atomic E-state index is 0.303. The largest absolute Gasteiger partial charge is 0.466 e. The average Bonchev–Trinajstić information content (AvgIpc) is 2.79. The lowest BCUT2D eigenvalue weighted by molar-refractivity contribution is 0.219. The number of thioether (sulfide) groups is 1. The second-order valence-electron chi connectivity index (χ2n) is 6.65. The Balaban J connectivity index is 3.10. The molecule has 0 bridgehead atoms. The lowest BCUT2D eigenvalue weighted by Gasteiger charge is -2.18. The van der Waals surface area contributed by atoms with Gasteiger partial charge in [0.05, 0.1) is 19.4 Å². The Morgan fingerprint density at radius 2 is 1.76 bits per heavy atom. The Kier molecular flexibility index (Phi) is 10.5. The molecule has 146 valence electrons.